The van der Waals surface area contributed by atoms with Gasteiger partial charge in [0.2, 0.25) is 0 Å². The van der Waals surface area contributed by atoms with Crippen molar-refractivity contribution in [2.75, 3.05) is 0 Å². The van der Waals surface area contributed by atoms with Crippen LogP contribution >= 0.6 is 11.6 Å². The molecule has 0 bridgehead atoms. The van der Waals surface area contributed by atoms with E-state index in [-0.39, 0.29) is 0 Å². The Bertz CT molecular complexity index is 555. The van der Waals surface area contributed by atoms with Gasteiger partial charge in [-0.3, -0.25) is 4.79 Å². The fraction of sp³-hybridized carbons (Fsp3) is 0. The maximum absolute atomic E-state index is 12.9. The Morgan fingerprint density at radius 1 is 1.18 bits per heavy atom. The number of hydrogen-bond acceptors (Lipinski definition) is 2. The van der Waals surface area contributed by atoms with Gasteiger partial charge in [0.1, 0.15) is 17.3 Å². The maximum atomic E-state index is 12.9. The highest BCUT2D eigenvalue weighted by molar-refractivity contribution is 6.30. The lowest BCUT2D eigenvalue weighted by Gasteiger charge is -2.08. The largest absolute Gasteiger partial charge is 0.457 e. The van der Waals surface area contributed by atoms with E-state index < -0.39 is 5.82 Å². The predicted octanol–water partition coefficient (Wildman–Crippen LogP) is 4.08. The molecule has 17 heavy (non-hydrogen) atoms. The number of ether oxygens (including phenoxy) is 1. The molecule has 0 aromatic heterocycles. The van der Waals surface area contributed by atoms with E-state index in [4.69, 9.17) is 16.3 Å². The van der Waals surface area contributed by atoms with Crippen molar-refractivity contribution < 1.29 is 13.9 Å². The van der Waals surface area contributed by atoms with Crippen LogP contribution in [0.2, 0.25) is 5.02 Å². The third-order valence-electron chi connectivity index (χ3n) is 2.12. The maximum Gasteiger partial charge on any atom is 0.153 e. The van der Waals surface area contributed by atoms with Gasteiger partial charge in [-0.2, -0.15) is 0 Å². The molecule has 0 spiro atoms. The van der Waals surface area contributed by atoms with Gasteiger partial charge >= 0.3 is 0 Å². The van der Waals surface area contributed by atoms with E-state index in [0.717, 1.165) is 0 Å². The molecule has 2 nitrogen and oxygen atoms in total. The number of carbonyl (C=O) groups is 1. The quantitative estimate of drug-likeness (QED) is 0.767. The van der Waals surface area contributed by atoms with Gasteiger partial charge in [-0.1, -0.05) is 17.7 Å². The van der Waals surface area contributed by atoms with Crippen LogP contribution in [-0.4, -0.2) is 6.29 Å². The molecule has 86 valence electrons. The molecule has 2 rings (SSSR count). The molecule has 2 aromatic carbocycles. The van der Waals surface area contributed by atoms with E-state index in [1.807, 2.05) is 0 Å². The van der Waals surface area contributed by atoms with Gasteiger partial charge in [0.25, 0.3) is 0 Å². The van der Waals surface area contributed by atoms with E-state index in [1.165, 1.54) is 24.3 Å². The molecule has 4 heteroatoms. The summed E-state index contributed by atoms with van der Waals surface area (Å²) in [7, 11) is 0. The molecule has 0 aliphatic carbocycles. The van der Waals surface area contributed by atoms with Crippen LogP contribution in [0.15, 0.2) is 42.5 Å². The molecular weight excluding hydrogens is 243 g/mol. The highest BCUT2D eigenvalue weighted by Crippen LogP contribution is 2.27. The van der Waals surface area contributed by atoms with Crippen molar-refractivity contribution in [2.45, 2.75) is 0 Å². The van der Waals surface area contributed by atoms with Crippen molar-refractivity contribution in [1.29, 1.82) is 0 Å². The zero-order valence-electron chi connectivity index (χ0n) is 8.69. The molecule has 0 radical (unpaired) electrons. The van der Waals surface area contributed by atoms with Gasteiger partial charge in [-0.25, -0.2) is 4.39 Å². The average Bonchev–Trinajstić information content (AvgIpc) is 2.31. The standard InChI is InChI=1S/C13H8ClFO2/c14-10-4-5-13(9(6-10)8-16)17-12-3-1-2-11(15)7-12/h1-8H. The van der Waals surface area contributed by atoms with Crippen molar-refractivity contribution in [2.24, 2.45) is 0 Å². The highest BCUT2D eigenvalue weighted by Gasteiger charge is 2.05. The van der Waals surface area contributed by atoms with Crippen molar-refractivity contribution >= 4 is 17.9 Å². The summed E-state index contributed by atoms with van der Waals surface area (Å²) >= 11 is 5.75. The number of halogens is 2. The Labute approximate surface area is 103 Å². The summed E-state index contributed by atoms with van der Waals surface area (Å²) in [5.41, 5.74) is 0.321. The smallest absolute Gasteiger partial charge is 0.153 e. The Hall–Kier alpha value is -1.87. The molecule has 0 aliphatic rings. The Kier molecular flexibility index (Phi) is 3.40. The minimum atomic E-state index is -0.399. The number of aldehydes is 1. The fourth-order valence-electron chi connectivity index (χ4n) is 1.36. The topological polar surface area (TPSA) is 26.3 Å². The molecule has 0 aliphatic heterocycles. The Morgan fingerprint density at radius 3 is 2.71 bits per heavy atom. The summed E-state index contributed by atoms with van der Waals surface area (Å²) < 4.78 is 18.4. The molecular formula is C13H8ClFO2. The van der Waals surface area contributed by atoms with Gasteiger partial charge < -0.3 is 4.74 Å². The number of carbonyl (C=O) groups excluding carboxylic acids is 1. The summed E-state index contributed by atoms with van der Waals surface area (Å²) in [6.45, 7) is 0. The van der Waals surface area contributed by atoms with Crippen LogP contribution in [0.1, 0.15) is 10.4 Å². The van der Waals surface area contributed by atoms with Crippen molar-refractivity contribution in [3.05, 3.63) is 58.9 Å². The molecule has 0 fully saturated rings. The Balaban J connectivity index is 2.32. The number of hydrogen-bond donors (Lipinski definition) is 0. The summed E-state index contributed by atoms with van der Waals surface area (Å²) in [5.74, 6) is 0.273. The first kappa shape index (κ1) is 11.6. The lowest BCUT2D eigenvalue weighted by atomic mass is 10.2. The van der Waals surface area contributed by atoms with E-state index in [0.29, 0.717) is 28.4 Å². The van der Waals surface area contributed by atoms with Gasteiger partial charge in [-0.05, 0) is 30.3 Å². The molecule has 0 N–H and O–H groups in total. The normalized spacial score (nSPS) is 10.0. The van der Waals surface area contributed by atoms with Crippen LogP contribution in [0, 0.1) is 5.82 Å². The molecule has 0 saturated carbocycles. The molecule has 0 heterocycles. The summed E-state index contributed by atoms with van der Waals surface area (Å²) in [5, 5.41) is 0.443. The second kappa shape index (κ2) is 4.97. The van der Waals surface area contributed by atoms with Crippen molar-refractivity contribution in [1.82, 2.24) is 0 Å². The number of rotatable bonds is 3. The molecule has 0 unspecified atom stereocenters. The zero-order chi connectivity index (χ0) is 12.3. The lowest BCUT2D eigenvalue weighted by Crippen LogP contribution is -1.90. The van der Waals surface area contributed by atoms with E-state index >= 15 is 0 Å². The lowest BCUT2D eigenvalue weighted by molar-refractivity contribution is 0.112. The zero-order valence-corrected chi connectivity index (χ0v) is 9.45. The first-order valence-corrected chi connectivity index (χ1v) is 5.25. The summed E-state index contributed by atoms with van der Waals surface area (Å²) in [6, 6.07) is 10.3. The van der Waals surface area contributed by atoms with Gasteiger partial charge in [-0.15, -0.1) is 0 Å². The van der Waals surface area contributed by atoms with Crippen molar-refractivity contribution in [3.8, 4) is 11.5 Å². The van der Waals surface area contributed by atoms with Crippen LogP contribution in [0.3, 0.4) is 0 Å². The molecule has 0 atom stereocenters. The third kappa shape index (κ3) is 2.82. The van der Waals surface area contributed by atoms with E-state index in [1.54, 1.807) is 18.2 Å². The summed E-state index contributed by atoms with van der Waals surface area (Å²) in [6.07, 6.45) is 0.639. The minimum Gasteiger partial charge on any atom is -0.457 e. The van der Waals surface area contributed by atoms with Crippen LogP contribution in [0.4, 0.5) is 4.39 Å². The predicted molar refractivity (Wildman–Crippen MR) is 63.3 cm³/mol. The van der Waals surface area contributed by atoms with E-state index in [2.05, 4.69) is 0 Å². The van der Waals surface area contributed by atoms with Crippen LogP contribution in [0.25, 0.3) is 0 Å². The van der Waals surface area contributed by atoms with E-state index in [9.17, 15) is 9.18 Å². The highest BCUT2D eigenvalue weighted by atomic mass is 35.5. The first-order valence-electron chi connectivity index (χ1n) is 4.87. The average molecular weight is 251 g/mol. The van der Waals surface area contributed by atoms with Crippen LogP contribution in [0.5, 0.6) is 11.5 Å². The van der Waals surface area contributed by atoms with Gasteiger partial charge in [0.15, 0.2) is 6.29 Å². The second-order valence-corrected chi connectivity index (χ2v) is 3.80. The molecule has 0 saturated heterocycles. The van der Waals surface area contributed by atoms with Crippen molar-refractivity contribution in [3.63, 3.8) is 0 Å². The van der Waals surface area contributed by atoms with Crippen LogP contribution < -0.4 is 4.74 Å². The minimum absolute atomic E-state index is 0.321. The fourth-order valence-corrected chi connectivity index (χ4v) is 1.54. The first-order chi connectivity index (χ1) is 8.19. The Morgan fingerprint density at radius 2 is 2.00 bits per heavy atom. The summed E-state index contributed by atoms with van der Waals surface area (Å²) in [4.78, 5) is 10.8. The molecule has 2 aromatic rings. The van der Waals surface area contributed by atoms with Crippen LogP contribution in [-0.2, 0) is 0 Å². The number of benzene rings is 2. The third-order valence-corrected chi connectivity index (χ3v) is 2.36. The molecule has 0 amide bonds. The van der Waals surface area contributed by atoms with Gasteiger partial charge in [0.05, 0.1) is 5.56 Å². The van der Waals surface area contributed by atoms with Gasteiger partial charge in [0, 0.05) is 11.1 Å². The SMILES string of the molecule is O=Cc1cc(Cl)ccc1Oc1cccc(F)c1. The second-order valence-electron chi connectivity index (χ2n) is 3.36. The monoisotopic (exact) mass is 250 g/mol.